The van der Waals surface area contributed by atoms with Crippen LogP contribution in [0, 0.1) is 5.82 Å². The maximum atomic E-state index is 14.7. The summed E-state index contributed by atoms with van der Waals surface area (Å²) >= 11 is 13.6. The molecular weight excluding hydrogens is 644 g/mol. The third-order valence-electron chi connectivity index (χ3n) is 6.60. The van der Waals surface area contributed by atoms with E-state index in [-0.39, 0.29) is 22.2 Å². The monoisotopic (exact) mass is 669 g/mol. The van der Waals surface area contributed by atoms with Gasteiger partial charge in [0.25, 0.3) is 11.8 Å². The smallest absolute Gasteiger partial charge is 0.272 e. The number of hydrogen-bond acceptors (Lipinski definition) is 4. The number of benzene rings is 5. The van der Waals surface area contributed by atoms with Crippen LogP contribution in [0.5, 0.6) is 0 Å². The summed E-state index contributed by atoms with van der Waals surface area (Å²) in [6.07, 6.45) is 1.19. The summed E-state index contributed by atoms with van der Waals surface area (Å²) in [5.41, 5.74) is 1.76. The minimum atomic E-state index is -0.705. The predicted molar refractivity (Wildman–Crippen MR) is 183 cm³/mol. The molecule has 0 aliphatic rings. The van der Waals surface area contributed by atoms with E-state index in [4.69, 9.17) is 23.2 Å². The lowest BCUT2D eigenvalue weighted by atomic mass is 10.1. The van der Waals surface area contributed by atoms with Crippen LogP contribution in [0.3, 0.4) is 0 Å². The molecular formula is C36H26Cl2FN3O3S. The van der Waals surface area contributed by atoms with Crippen LogP contribution in [0.25, 0.3) is 6.08 Å². The van der Waals surface area contributed by atoms with E-state index >= 15 is 0 Å². The van der Waals surface area contributed by atoms with Crippen LogP contribution in [-0.2, 0) is 9.59 Å². The zero-order chi connectivity index (χ0) is 32.5. The highest BCUT2D eigenvalue weighted by Crippen LogP contribution is 2.37. The number of carbonyl (C=O) groups excluding carboxylic acids is 3. The minimum Gasteiger partial charge on any atom is -0.325 e. The van der Waals surface area contributed by atoms with Gasteiger partial charge in [0.1, 0.15) is 16.8 Å². The Morgan fingerprint density at radius 2 is 1.37 bits per heavy atom. The molecule has 5 aromatic carbocycles. The van der Waals surface area contributed by atoms with E-state index in [1.54, 1.807) is 72.8 Å². The van der Waals surface area contributed by atoms with Crippen molar-refractivity contribution in [3.05, 3.63) is 166 Å². The van der Waals surface area contributed by atoms with Gasteiger partial charge in [0.2, 0.25) is 5.91 Å². The highest BCUT2D eigenvalue weighted by atomic mass is 35.5. The van der Waals surface area contributed by atoms with Crippen molar-refractivity contribution < 1.29 is 18.8 Å². The Bertz CT molecular complexity index is 1890. The zero-order valence-corrected chi connectivity index (χ0v) is 26.4. The van der Waals surface area contributed by atoms with E-state index in [9.17, 15) is 18.8 Å². The fourth-order valence-electron chi connectivity index (χ4n) is 4.39. The molecule has 1 atom stereocenters. The number of nitrogens with one attached hydrogen (secondary N) is 3. The van der Waals surface area contributed by atoms with Gasteiger partial charge in [0.05, 0.1) is 5.02 Å². The minimum absolute atomic E-state index is 0.0524. The fraction of sp³-hybridized carbons (Fsp3) is 0.0278. The molecule has 5 aromatic rings. The van der Waals surface area contributed by atoms with Crippen LogP contribution in [0.2, 0.25) is 10.0 Å². The number of carbonyl (C=O) groups is 3. The second-order valence-electron chi connectivity index (χ2n) is 9.90. The quantitative estimate of drug-likeness (QED) is 0.102. The molecule has 0 aromatic heterocycles. The molecule has 0 heterocycles. The number of rotatable bonds is 10. The lowest BCUT2D eigenvalue weighted by molar-refractivity contribution is -0.116. The van der Waals surface area contributed by atoms with Crippen molar-refractivity contribution in [1.82, 2.24) is 5.32 Å². The van der Waals surface area contributed by atoms with Gasteiger partial charge in [0, 0.05) is 32.4 Å². The van der Waals surface area contributed by atoms with E-state index in [2.05, 4.69) is 16.0 Å². The highest BCUT2D eigenvalue weighted by molar-refractivity contribution is 8.00. The average molecular weight is 671 g/mol. The molecule has 0 aliphatic carbocycles. The molecule has 0 aliphatic heterocycles. The summed E-state index contributed by atoms with van der Waals surface area (Å²) in [6.45, 7) is 0. The first kappa shape index (κ1) is 32.5. The van der Waals surface area contributed by atoms with E-state index in [1.807, 2.05) is 36.4 Å². The molecule has 1 unspecified atom stereocenters. The van der Waals surface area contributed by atoms with Crippen molar-refractivity contribution in [3.8, 4) is 0 Å². The van der Waals surface area contributed by atoms with E-state index in [0.29, 0.717) is 26.9 Å². The Hall–Kier alpha value is -4.89. The second-order valence-corrected chi connectivity index (χ2v) is 11.9. The van der Waals surface area contributed by atoms with Crippen molar-refractivity contribution in [3.63, 3.8) is 0 Å². The lowest BCUT2D eigenvalue weighted by Gasteiger charge is -2.18. The summed E-state index contributed by atoms with van der Waals surface area (Å²) in [6, 6.07) is 35.6. The number of amides is 3. The molecule has 0 fully saturated rings. The van der Waals surface area contributed by atoms with Crippen molar-refractivity contribution in [1.29, 1.82) is 0 Å². The Morgan fingerprint density at radius 3 is 2.07 bits per heavy atom. The van der Waals surface area contributed by atoms with Crippen molar-refractivity contribution in [2.75, 3.05) is 10.6 Å². The summed E-state index contributed by atoms with van der Waals surface area (Å²) in [5, 5.41) is 8.20. The van der Waals surface area contributed by atoms with Crippen molar-refractivity contribution >= 4 is 70.1 Å². The Kier molecular flexibility index (Phi) is 10.9. The van der Waals surface area contributed by atoms with E-state index in [1.165, 1.54) is 36.0 Å². The SMILES string of the molecule is O=C(Nc1cccc(SC(C(=O)Nc2cccc(Cl)c2)c2ccccc2)c1)/C(=C\c1c(F)cccc1Cl)NC(=O)c1ccccc1. The molecule has 0 bridgehead atoms. The number of hydrogen-bond donors (Lipinski definition) is 3. The average Bonchev–Trinajstić information content (AvgIpc) is 3.05. The summed E-state index contributed by atoms with van der Waals surface area (Å²) in [7, 11) is 0. The number of anilines is 2. The first-order chi connectivity index (χ1) is 22.3. The normalized spacial score (nSPS) is 11.8. The molecule has 3 N–H and O–H groups in total. The third kappa shape index (κ3) is 8.63. The number of halogens is 3. The van der Waals surface area contributed by atoms with Crippen LogP contribution in [0.4, 0.5) is 15.8 Å². The van der Waals surface area contributed by atoms with E-state index < -0.39 is 22.9 Å². The highest BCUT2D eigenvalue weighted by Gasteiger charge is 2.23. The third-order valence-corrected chi connectivity index (χ3v) is 8.41. The summed E-state index contributed by atoms with van der Waals surface area (Å²) < 4.78 is 14.7. The number of thioether (sulfide) groups is 1. The van der Waals surface area contributed by atoms with Gasteiger partial charge in [-0.3, -0.25) is 14.4 Å². The van der Waals surface area contributed by atoms with Crippen LogP contribution < -0.4 is 16.0 Å². The maximum Gasteiger partial charge on any atom is 0.272 e. The van der Waals surface area contributed by atoms with Gasteiger partial charge in [-0.2, -0.15) is 0 Å². The predicted octanol–water partition coefficient (Wildman–Crippen LogP) is 9.01. The molecule has 5 rings (SSSR count). The largest absolute Gasteiger partial charge is 0.325 e. The second kappa shape index (κ2) is 15.4. The first-order valence-electron chi connectivity index (χ1n) is 14.0. The molecule has 230 valence electrons. The molecule has 0 spiro atoms. The van der Waals surface area contributed by atoms with Gasteiger partial charge in [-0.15, -0.1) is 11.8 Å². The van der Waals surface area contributed by atoms with Crippen molar-refractivity contribution in [2.45, 2.75) is 10.1 Å². The van der Waals surface area contributed by atoms with Gasteiger partial charge < -0.3 is 16.0 Å². The topological polar surface area (TPSA) is 87.3 Å². The Labute approximate surface area is 279 Å². The summed E-state index contributed by atoms with van der Waals surface area (Å²) in [5.74, 6) is -2.18. The lowest BCUT2D eigenvalue weighted by Crippen LogP contribution is -2.30. The molecule has 0 saturated carbocycles. The zero-order valence-electron chi connectivity index (χ0n) is 24.0. The maximum absolute atomic E-state index is 14.7. The molecule has 46 heavy (non-hydrogen) atoms. The molecule has 3 amide bonds. The molecule has 0 saturated heterocycles. The summed E-state index contributed by atoms with van der Waals surface area (Å²) in [4.78, 5) is 40.7. The van der Waals surface area contributed by atoms with Gasteiger partial charge in [0.15, 0.2) is 0 Å². The Balaban J connectivity index is 1.40. The van der Waals surface area contributed by atoms with Gasteiger partial charge in [-0.1, -0.05) is 89.9 Å². The molecule has 6 nitrogen and oxygen atoms in total. The van der Waals surface area contributed by atoms with Gasteiger partial charge in [-0.05, 0) is 72.3 Å². The molecule has 0 radical (unpaired) electrons. The fourth-order valence-corrected chi connectivity index (χ4v) is 5.88. The first-order valence-corrected chi connectivity index (χ1v) is 15.6. The van der Waals surface area contributed by atoms with Gasteiger partial charge >= 0.3 is 0 Å². The van der Waals surface area contributed by atoms with E-state index in [0.717, 1.165) is 5.56 Å². The Morgan fingerprint density at radius 1 is 0.717 bits per heavy atom. The van der Waals surface area contributed by atoms with Crippen LogP contribution >= 0.6 is 35.0 Å². The van der Waals surface area contributed by atoms with Crippen molar-refractivity contribution in [2.24, 2.45) is 0 Å². The van der Waals surface area contributed by atoms with Crippen LogP contribution in [0.15, 0.2) is 138 Å². The standard InChI is InChI=1S/C36H26Cl2FN3O3S/c37-25-14-7-15-26(20-25)41-36(45)33(23-10-3-1-4-11-23)46-28-17-8-16-27(21-28)40-35(44)32(22-29-30(38)18-9-19-31(29)39)42-34(43)24-12-5-2-6-13-24/h1-22,33H,(H,40,44)(H,41,45)(H,42,43)/b32-22+. The molecule has 10 heteroatoms. The van der Waals surface area contributed by atoms with Crippen LogP contribution in [-0.4, -0.2) is 17.7 Å². The van der Waals surface area contributed by atoms with Gasteiger partial charge in [-0.25, -0.2) is 4.39 Å². The van der Waals surface area contributed by atoms with Crippen LogP contribution in [0.1, 0.15) is 26.7 Å².